The lowest BCUT2D eigenvalue weighted by molar-refractivity contribution is 0.0652. The molecule has 2 atom stereocenters. The Morgan fingerprint density at radius 2 is 1.83 bits per heavy atom. The van der Waals surface area contributed by atoms with Crippen molar-refractivity contribution in [3.05, 3.63) is 28.5 Å². The van der Waals surface area contributed by atoms with E-state index in [9.17, 15) is 4.79 Å². The summed E-state index contributed by atoms with van der Waals surface area (Å²) in [6.07, 6.45) is 1.70. The molecule has 0 bridgehead atoms. The first-order valence-electron chi connectivity index (χ1n) is 7.67. The van der Waals surface area contributed by atoms with Crippen LogP contribution in [0.3, 0.4) is 0 Å². The molecule has 1 aromatic carbocycles. The summed E-state index contributed by atoms with van der Waals surface area (Å²) in [6, 6.07) is 1.45. The summed E-state index contributed by atoms with van der Waals surface area (Å²) in [6.45, 7) is 6.08. The molecular weight excluding hydrogens is 298 g/mol. The Balaban J connectivity index is 1.97. The first-order chi connectivity index (χ1) is 11.0. The highest BCUT2D eigenvalue weighted by Crippen LogP contribution is 2.50. The first kappa shape index (κ1) is 14.1. The topological polar surface area (TPSA) is 81.8 Å². The fourth-order valence-corrected chi connectivity index (χ4v) is 3.49. The number of nitrogens with zero attached hydrogens (tertiary/aromatic N) is 1. The van der Waals surface area contributed by atoms with Crippen LogP contribution in [0.25, 0.3) is 11.3 Å². The van der Waals surface area contributed by atoms with Gasteiger partial charge in [-0.25, -0.2) is 4.79 Å². The van der Waals surface area contributed by atoms with Crippen molar-refractivity contribution in [2.24, 2.45) is 0 Å². The Morgan fingerprint density at radius 1 is 1.17 bits per heavy atom. The van der Waals surface area contributed by atoms with E-state index in [1.54, 1.807) is 0 Å². The van der Waals surface area contributed by atoms with Crippen LogP contribution < -0.4 is 9.47 Å². The molecule has 0 radical (unpaired) electrons. The Labute approximate surface area is 133 Å². The second kappa shape index (κ2) is 4.75. The normalized spacial score (nSPS) is 21.5. The number of carboxylic acids is 1. The van der Waals surface area contributed by atoms with Crippen molar-refractivity contribution < 1.29 is 23.9 Å². The molecule has 0 saturated carbocycles. The fraction of sp³-hybridized carbons (Fsp3) is 0.412. The number of aromatic nitrogens is 1. The molecule has 3 heterocycles. The van der Waals surface area contributed by atoms with Gasteiger partial charge in [-0.1, -0.05) is 5.16 Å². The number of rotatable bonds is 2. The second-order valence-electron chi connectivity index (χ2n) is 6.26. The van der Waals surface area contributed by atoms with Gasteiger partial charge in [0.05, 0.1) is 5.56 Å². The van der Waals surface area contributed by atoms with Crippen LogP contribution in [-0.2, 0) is 12.8 Å². The van der Waals surface area contributed by atoms with Crippen molar-refractivity contribution in [2.45, 2.75) is 45.8 Å². The lowest BCUT2D eigenvalue weighted by Gasteiger charge is -2.14. The van der Waals surface area contributed by atoms with Gasteiger partial charge in [-0.05, 0) is 26.3 Å². The summed E-state index contributed by atoms with van der Waals surface area (Å²) in [5.74, 6) is 0.352. The molecule has 2 aliphatic rings. The minimum absolute atomic E-state index is 0.0771. The van der Waals surface area contributed by atoms with Crippen molar-refractivity contribution in [2.75, 3.05) is 0 Å². The number of aromatic carboxylic acids is 1. The molecule has 2 aliphatic heterocycles. The molecule has 2 aromatic rings. The molecule has 6 heteroatoms. The highest BCUT2D eigenvalue weighted by Gasteiger charge is 2.35. The third kappa shape index (κ3) is 2.01. The lowest BCUT2D eigenvalue weighted by atomic mass is 9.92. The van der Waals surface area contributed by atoms with Gasteiger partial charge >= 0.3 is 5.97 Å². The molecule has 2 unspecified atom stereocenters. The Hall–Kier alpha value is -2.50. The Kier molecular flexibility index (Phi) is 2.91. The van der Waals surface area contributed by atoms with Crippen molar-refractivity contribution in [3.63, 3.8) is 0 Å². The van der Waals surface area contributed by atoms with Gasteiger partial charge in [-0.15, -0.1) is 0 Å². The van der Waals surface area contributed by atoms with Gasteiger partial charge in [0, 0.05) is 30.0 Å². The van der Waals surface area contributed by atoms with E-state index in [0.717, 1.165) is 46.6 Å². The van der Waals surface area contributed by atoms with Crippen molar-refractivity contribution in [1.82, 2.24) is 5.16 Å². The third-order valence-electron chi connectivity index (χ3n) is 4.47. The molecule has 0 aliphatic carbocycles. The molecule has 0 amide bonds. The quantitative estimate of drug-likeness (QED) is 0.917. The van der Waals surface area contributed by atoms with Crippen LogP contribution in [0.2, 0.25) is 0 Å². The second-order valence-corrected chi connectivity index (χ2v) is 6.26. The van der Waals surface area contributed by atoms with E-state index in [0.29, 0.717) is 5.69 Å². The molecule has 0 spiro atoms. The number of fused-ring (bicyclic) bond motifs is 2. The number of carbonyl (C=O) groups is 1. The maximum absolute atomic E-state index is 11.1. The van der Waals surface area contributed by atoms with Crippen LogP contribution in [-0.4, -0.2) is 28.4 Å². The fourth-order valence-electron chi connectivity index (χ4n) is 3.49. The van der Waals surface area contributed by atoms with Gasteiger partial charge in [0.25, 0.3) is 0 Å². The Bertz CT molecular complexity index is 784. The molecule has 6 nitrogen and oxygen atoms in total. The summed E-state index contributed by atoms with van der Waals surface area (Å²) in [5, 5.41) is 13.0. The number of carboxylic acid groups (broad SMARTS) is 1. The summed E-state index contributed by atoms with van der Waals surface area (Å²) >= 11 is 0. The maximum Gasteiger partial charge on any atom is 0.374 e. The standard InChI is InChI=1S/C17H17NO5/c1-7-4-10-9(3)15-11(5-8(2)21-15)14(16(10)22-7)12-6-13(17(19)20)23-18-12/h6-8H,4-5H2,1-3H3,(H,19,20). The zero-order valence-electron chi connectivity index (χ0n) is 13.2. The predicted octanol–water partition coefficient (Wildman–Crippen LogP) is 3.00. The average molecular weight is 315 g/mol. The largest absolute Gasteiger partial charge is 0.490 e. The van der Waals surface area contributed by atoms with E-state index in [4.69, 9.17) is 19.1 Å². The van der Waals surface area contributed by atoms with Crippen molar-refractivity contribution in [1.29, 1.82) is 0 Å². The van der Waals surface area contributed by atoms with Gasteiger partial charge in [0.15, 0.2) is 0 Å². The molecular formula is C17H17NO5. The summed E-state index contributed by atoms with van der Waals surface area (Å²) < 4.78 is 16.9. The van der Waals surface area contributed by atoms with Gasteiger partial charge in [0.2, 0.25) is 5.76 Å². The molecule has 0 saturated heterocycles. The zero-order chi connectivity index (χ0) is 16.3. The number of benzene rings is 1. The first-order valence-corrected chi connectivity index (χ1v) is 7.67. The van der Waals surface area contributed by atoms with Crippen LogP contribution in [0.5, 0.6) is 11.5 Å². The summed E-state index contributed by atoms with van der Waals surface area (Å²) in [5.41, 5.74) is 4.54. The molecule has 23 heavy (non-hydrogen) atoms. The molecule has 4 rings (SSSR count). The number of hydrogen-bond acceptors (Lipinski definition) is 5. The lowest BCUT2D eigenvalue weighted by Crippen LogP contribution is -2.07. The van der Waals surface area contributed by atoms with Crippen LogP contribution in [0, 0.1) is 6.92 Å². The summed E-state index contributed by atoms with van der Waals surface area (Å²) in [7, 11) is 0. The molecule has 120 valence electrons. The van der Waals surface area contributed by atoms with E-state index in [2.05, 4.69) is 5.16 Å². The zero-order valence-corrected chi connectivity index (χ0v) is 13.2. The molecule has 1 N–H and O–H groups in total. The van der Waals surface area contributed by atoms with E-state index in [1.165, 1.54) is 6.07 Å². The number of hydrogen-bond donors (Lipinski definition) is 1. The highest BCUT2D eigenvalue weighted by molar-refractivity contribution is 5.87. The van der Waals surface area contributed by atoms with E-state index in [-0.39, 0.29) is 18.0 Å². The molecule has 0 fully saturated rings. The van der Waals surface area contributed by atoms with E-state index >= 15 is 0 Å². The average Bonchev–Trinajstić information content (AvgIpc) is 3.17. The summed E-state index contributed by atoms with van der Waals surface area (Å²) in [4.78, 5) is 11.1. The number of ether oxygens (including phenoxy) is 2. The van der Waals surface area contributed by atoms with Gasteiger partial charge in [-0.2, -0.15) is 0 Å². The van der Waals surface area contributed by atoms with Crippen LogP contribution in [0.1, 0.15) is 41.1 Å². The monoisotopic (exact) mass is 315 g/mol. The van der Waals surface area contributed by atoms with Crippen LogP contribution in [0.4, 0.5) is 0 Å². The smallest absolute Gasteiger partial charge is 0.374 e. The Morgan fingerprint density at radius 3 is 2.48 bits per heavy atom. The predicted molar refractivity (Wildman–Crippen MR) is 81.2 cm³/mol. The van der Waals surface area contributed by atoms with Crippen LogP contribution in [0.15, 0.2) is 10.6 Å². The third-order valence-corrected chi connectivity index (χ3v) is 4.47. The van der Waals surface area contributed by atoms with Crippen LogP contribution >= 0.6 is 0 Å². The SMILES string of the molecule is Cc1c2c(c(-c3cc(C(=O)O)on3)c3c1OC(C)C3)OC(C)C2. The minimum Gasteiger partial charge on any atom is -0.490 e. The van der Waals surface area contributed by atoms with Gasteiger partial charge in [-0.3, -0.25) is 0 Å². The molecule has 1 aromatic heterocycles. The maximum atomic E-state index is 11.1. The van der Waals surface area contributed by atoms with Gasteiger partial charge < -0.3 is 19.1 Å². The van der Waals surface area contributed by atoms with Gasteiger partial charge in [0.1, 0.15) is 29.4 Å². The highest BCUT2D eigenvalue weighted by atomic mass is 16.5. The van der Waals surface area contributed by atoms with E-state index in [1.807, 2.05) is 20.8 Å². The minimum atomic E-state index is -1.14. The van der Waals surface area contributed by atoms with Crippen molar-refractivity contribution >= 4 is 5.97 Å². The van der Waals surface area contributed by atoms with Crippen molar-refractivity contribution in [3.8, 4) is 22.8 Å². The van der Waals surface area contributed by atoms with E-state index < -0.39 is 5.97 Å².